The van der Waals surface area contributed by atoms with Crippen molar-refractivity contribution in [1.29, 1.82) is 0 Å². The van der Waals surface area contributed by atoms with Gasteiger partial charge in [0.1, 0.15) is 5.75 Å². The van der Waals surface area contributed by atoms with Crippen molar-refractivity contribution in [3.05, 3.63) is 108 Å². The number of rotatable bonds is 5. The SMILES string of the molecule is COc1ccccc1[C@@H]1[C@H]([C@H](O)c2ccc3ccccc3c2)C(=O)N1c1ccccc1. The summed E-state index contributed by atoms with van der Waals surface area (Å²) in [4.78, 5) is 15.1. The third-order valence-electron chi connectivity index (χ3n) is 6.09. The molecule has 0 bridgehead atoms. The van der Waals surface area contributed by atoms with Gasteiger partial charge in [-0.05, 0) is 40.6 Å². The Kier molecular flexibility index (Phi) is 4.92. The van der Waals surface area contributed by atoms with Gasteiger partial charge in [0.25, 0.3) is 0 Å². The molecule has 0 aliphatic carbocycles. The number of nitrogens with zero attached hydrogens (tertiary/aromatic N) is 1. The Labute approximate surface area is 181 Å². The lowest BCUT2D eigenvalue weighted by Gasteiger charge is -2.49. The molecule has 0 radical (unpaired) electrons. The third-order valence-corrected chi connectivity index (χ3v) is 6.09. The number of para-hydroxylation sites is 2. The molecule has 0 spiro atoms. The van der Waals surface area contributed by atoms with E-state index in [1.54, 1.807) is 12.0 Å². The van der Waals surface area contributed by atoms with Gasteiger partial charge in [-0.15, -0.1) is 0 Å². The minimum atomic E-state index is -0.924. The van der Waals surface area contributed by atoms with Gasteiger partial charge in [-0.1, -0.05) is 72.8 Å². The van der Waals surface area contributed by atoms with Gasteiger partial charge in [0.2, 0.25) is 5.91 Å². The quantitative estimate of drug-likeness (QED) is 0.456. The first-order valence-corrected chi connectivity index (χ1v) is 10.4. The highest BCUT2D eigenvalue weighted by Gasteiger charge is 2.53. The van der Waals surface area contributed by atoms with Crippen LogP contribution in [0.15, 0.2) is 97.1 Å². The van der Waals surface area contributed by atoms with E-state index in [1.807, 2.05) is 97.1 Å². The van der Waals surface area contributed by atoms with E-state index in [2.05, 4.69) is 0 Å². The molecule has 1 aliphatic heterocycles. The first-order chi connectivity index (χ1) is 15.2. The fourth-order valence-corrected chi connectivity index (χ4v) is 4.54. The standard InChI is InChI=1S/C27H23NO3/c1-31-23-14-8-7-13-22(23)25-24(27(30)28(25)21-11-3-2-4-12-21)26(29)20-16-15-18-9-5-6-10-19(18)17-20/h2-17,24-26,29H,1H3/t24-,25-,26-/m1/s1. The van der Waals surface area contributed by atoms with Gasteiger partial charge in [-0.2, -0.15) is 0 Å². The van der Waals surface area contributed by atoms with Crippen LogP contribution in [0.25, 0.3) is 10.8 Å². The number of benzene rings is 4. The van der Waals surface area contributed by atoms with Crippen molar-refractivity contribution < 1.29 is 14.6 Å². The molecule has 31 heavy (non-hydrogen) atoms. The van der Waals surface area contributed by atoms with Crippen LogP contribution < -0.4 is 9.64 Å². The zero-order chi connectivity index (χ0) is 21.4. The molecule has 1 aliphatic rings. The summed E-state index contributed by atoms with van der Waals surface area (Å²) in [5.41, 5.74) is 2.44. The van der Waals surface area contributed by atoms with Crippen molar-refractivity contribution in [3.8, 4) is 5.75 Å². The Bertz CT molecular complexity index is 1240. The number of carbonyl (C=O) groups is 1. The molecule has 4 nitrogen and oxygen atoms in total. The summed E-state index contributed by atoms with van der Waals surface area (Å²) in [7, 11) is 1.63. The van der Waals surface area contributed by atoms with Crippen LogP contribution in [0, 0.1) is 5.92 Å². The number of ether oxygens (including phenoxy) is 1. The number of hydrogen-bond acceptors (Lipinski definition) is 3. The van der Waals surface area contributed by atoms with E-state index in [0.717, 1.165) is 27.6 Å². The number of amides is 1. The maximum atomic E-state index is 13.3. The fraction of sp³-hybridized carbons (Fsp3) is 0.148. The van der Waals surface area contributed by atoms with Crippen LogP contribution in [-0.2, 0) is 4.79 Å². The summed E-state index contributed by atoms with van der Waals surface area (Å²) in [6, 6.07) is 30.8. The number of aliphatic hydroxyl groups is 1. The Morgan fingerprint density at radius 2 is 1.52 bits per heavy atom. The minimum Gasteiger partial charge on any atom is -0.496 e. The highest BCUT2D eigenvalue weighted by molar-refractivity contribution is 6.04. The molecule has 4 aromatic rings. The average Bonchev–Trinajstić information content (AvgIpc) is 2.82. The lowest BCUT2D eigenvalue weighted by atomic mass is 9.76. The molecule has 1 saturated heterocycles. The first-order valence-electron chi connectivity index (χ1n) is 10.4. The van der Waals surface area contributed by atoms with Gasteiger partial charge in [0, 0.05) is 11.3 Å². The van der Waals surface area contributed by atoms with Gasteiger partial charge in [-0.25, -0.2) is 0 Å². The molecule has 0 aromatic heterocycles. The van der Waals surface area contributed by atoms with Crippen molar-refractivity contribution in [2.45, 2.75) is 12.1 Å². The molecule has 5 rings (SSSR count). The fourth-order valence-electron chi connectivity index (χ4n) is 4.54. The predicted molar refractivity (Wildman–Crippen MR) is 122 cm³/mol. The number of hydrogen-bond donors (Lipinski definition) is 1. The molecule has 3 atom stereocenters. The molecule has 154 valence electrons. The number of β-lactam (4-membered cyclic amide) rings is 1. The number of methoxy groups -OCH3 is 1. The Balaban J connectivity index is 1.58. The van der Waals surface area contributed by atoms with Gasteiger partial charge in [0.15, 0.2) is 0 Å². The van der Waals surface area contributed by atoms with Crippen molar-refractivity contribution >= 4 is 22.4 Å². The summed E-state index contributed by atoms with van der Waals surface area (Å²) >= 11 is 0. The largest absolute Gasteiger partial charge is 0.496 e. The monoisotopic (exact) mass is 409 g/mol. The van der Waals surface area contributed by atoms with Gasteiger partial charge < -0.3 is 14.7 Å². The van der Waals surface area contributed by atoms with E-state index in [4.69, 9.17) is 4.74 Å². The van der Waals surface area contributed by atoms with Crippen LogP contribution in [0.5, 0.6) is 5.75 Å². The van der Waals surface area contributed by atoms with E-state index in [1.165, 1.54) is 0 Å². The summed E-state index contributed by atoms with van der Waals surface area (Å²) in [6.07, 6.45) is -0.924. The second-order valence-electron chi connectivity index (χ2n) is 7.81. The number of anilines is 1. The first kappa shape index (κ1) is 19.3. The van der Waals surface area contributed by atoms with Gasteiger partial charge in [-0.3, -0.25) is 4.79 Å². The predicted octanol–water partition coefficient (Wildman–Crippen LogP) is 5.29. The number of fused-ring (bicyclic) bond motifs is 1. The van der Waals surface area contributed by atoms with E-state index < -0.39 is 12.0 Å². The highest BCUT2D eigenvalue weighted by atomic mass is 16.5. The van der Waals surface area contributed by atoms with Crippen LogP contribution in [0.2, 0.25) is 0 Å². The minimum absolute atomic E-state index is 0.0947. The zero-order valence-electron chi connectivity index (χ0n) is 17.2. The van der Waals surface area contributed by atoms with Crippen LogP contribution in [0.3, 0.4) is 0 Å². The normalized spacial score (nSPS) is 19.2. The smallest absolute Gasteiger partial charge is 0.236 e. The van der Waals surface area contributed by atoms with E-state index in [-0.39, 0.29) is 11.9 Å². The molecule has 4 aromatic carbocycles. The zero-order valence-corrected chi connectivity index (χ0v) is 17.2. The number of carbonyl (C=O) groups excluding carboxylic acids is 1. The van der Waals surface area contributed by atoms with Crippen molar-refractivity contribution in [2.24, 2.45) is 5.92 Å². The summed E-state index contributed by atoms with van der Waals surface area (Å²) < 4.78 is 5.59. The molecule has 1 N–H and O–H groups in total. The molecule has 1 heterocycles. The van der Waals surface area contributed by atoms with Crippen LogP contribution in [0.4, 0.5) is 5.69 Å². The van der Waals surface area contributed by atoms with Crippen LogP contribution in [-0.4, -0.2) is 18.1 Å². The number of aliphatic hydroxyl groups excluding tert-OH is 1. The molecule has 0 saturated carbocycles. The van der Waals surface area contributed by atoms with Crippen molar-refractivity contribution in [3.63, 3.8) is 0 Å². The molecule has 4 heteroatoms. The maximum absolute atomic E-state index is 13.3. The average molecular weight is 409 g/mol. The summed E-state index contributed by atoms with van der Waals surface area (Å²) in [6.45, 7) is 0. The molecular formula is C27H23NO3. The molecule has 1 amide bonds. The lowest BCUT2D eigenvalue weighted by Crippen LogP contribution is -2.57. The Hall–Kier alpha value is -3.63. The van der Waals surface area contributed by atoms with Crippen molar-refractivity contribution in [2.75, 3.05) is 12.0 Å². The van der Waals surface area contributed by atoms with Crippen molar-refractivity contribution in [1.82, 2.24) is 0 Å². The second kappa shape index (κ2) is 7.89. The molecule has 1 fully saturated rings. The molecular weight excluding hydrogens is 386 g/mol. The van der Waals surface area contributed by atoms with Gasteiger partial charge in [0.05, 0.1) is 25.2 Å². The lowest BCUT2D eigenvalue weighted by molar-refractivity contribution is -0.136. The van der Waals surface area contributed by atoms with E-state index >= 15 is 0 Å². The topological polar surface area (TPSA) is 49.8 Å². The Morgan fingerprint density at radius 3 is 2.29 bits per heavy atom. The van der Waals surface area contributed by atoms with Gasteiger partial charge >= 0.3 is 0 Å². The summed E-state index contributed by atoms with van der Waals surface area (Å²) in [5.74, 6) is 0.0112. The van der Waals surface area contributed by atoms with Crippen LogP contribution >= 0.6 is 0 Å². The third kappa shape index (κ3) is 3.25. The second-order valence-corrected chi connectivity index (χ2v) is 7.81. The van der Waals surface area contributed by atoms with Crippen LogP contribution in [0.1, 0.15) is 23.3 Å². The maximum Gasteiger partial charge on any atom is 0.236 e. The highest BCUT2D eigenvalue weighted by Crippen LogP contribution is 2.50. The molecule has 0 unspecified atom stereocenters. The van der Waals surface area contributed by atoms with E-state index in [0.29, 0.717) is 5.75 Å². The van der Waals surface area contributed by atoms with E-state index in [9.17, 15) is 9.90 Å². The Morgan fingerprint density at radius 1 is 0.839 bits per heavy atom. The summed E-state index contributed by atoms with van der Waals surface area (Å²) in [5, 5.41) is 13.5.